The second-order valence-electron chi connectivity index (χ2n) is 2.62. The Balaban J connectivity index is 2.40. The second-order valence-corrected chi connectivity index (χ2v) is 2.62. The van der Waals surface area contributed by atoms with Gasteiger partial charge in [-0.15, -0.1) is 0 Å². The van der Waals surface area contributed by atoms with Crippen LogP contribution in [0.3, 0.4) is 0 Å². The first-order valence-electron chi connectivity index (χ1n) is 4.46. The Morgan fingerprint density at radius 1 is 1.33 bits per heavy atom. The average Bonchev–Trinajstić information content (AvgIpc) is 2.26. The summed E-state index contributed by atoms with van der Waals surface area (Å²) in [4.78, 5) is 10.8. The zero-order valence-corrected chi connectivity index (χ0v) is 8.41. The third kappa shape index (κ3) is 4.55. The Labute approximate surface area is 89.3 Å². The van der Waals surface area contributed by atoms with E-state index in [0.717, 1.165) is 5.56 Å². The molecule has 0 radical (unpaired) electrons. The van der Waals surface area contributed by atoms with Gasteiger partial charge in [0.15, 0.2) is 6.61 Å². The molecular formula is C13H10O2. The molecule has 0 amide bonds. The van der Waals surface area contributed by atoms with Gasteiger partial charge in [0.2, 0.25) is 0 Å². The number of benzene rings is 1. The molecule has 0 aliphatic carbocycles. The highest BCUT2D eigenvalue weighted by molar-refractivity contribution is 5.88. The minimum Gasteiger partial charge on any atom is -0.443 e. The Morgan fingerprint density at radius 3 is 2.73 bits per heavy atom. The summed E-state index contributed by atoms with van der Waals surface area (Å²) in [6.07, 6.45) is 0. The van der Waals surface area contributed by atoms with Crippen LogP contribution in [0.15, 0.2) is 30.3 Å². The largest absolute Gasteiger partial charge is 0.443 e. The second kappa shape index (κ2) is 6.29. The van der Waals surface area contributed by atoms with E-state index in [2.05, 4.69) is 23.7 Å². The van der Waals surface area contributed by atoms with Crippen LogP contribution in [0.5, 0.6) is 0 Å². The maximum atomic E-state index is 10.8. The molecule has 1 rings (SSSR count). The van der Waals surface area contributed by atoms with Crippen LogP contribution in [0.4, 0.5) is 0 Å². The van der Waals surface area contributed by atoms with Crippen molar-refractivity contribution in [3.8, 4) is 23.7 Å². The molecule has 0 aromatic heterocycles. The van der Waals surface area contributed by atoms with Crippen LogP contribution in [-0.2, 0) is 9.53 Å². The maximum Gasteiger partial charge on any atom is 0.385 e. The summed E-state index contributed by atoms with van der Waals surface area (Å²) in [6, 6.07) is 9.50. The van der Waals surface area contributed by atoms with Crippen LogP contribution in [-0.4, -0.2) is 12.6 Å². The lowest BCUT2D eigenvalue weighted by Gasteiger charge is -1.91. The molecule has 1 aromatic rings. The predicted octanol–water partition coefficient (Wildman–Crippen LogP) is 1.60. The van der Waals surface area contributed by atoms with E-state index in [1.165, 1.54) is 0 Å². The van der Waals surface area contributed by atoms with E-state index in [1.807, 2.05) is 30.3 Å². The summed E-state index contributed by atoms with van der Waals surface area (Å²) >= 11 is 0. The number of carbonyl (C=O) groups is 1. The molecule has 0 unspecified atom stereocenters. The Hall–Kier alpha value is -2.19. The van der Waals surface area contributed by atoms with E-state index in [1.54, 1.807) is 6.92 Å². The van der Waals surface area contributed by atoms with Crippen LogP contribution in [0.2, 0.25) is 0 Å². The fraction of sp³-hybridized carbons (Fsp3) is 0.154. The van der Waals surface area contributed by atoms with Gasteiger partial charge < -0.3 is 4.74 Å². The first kappa shape index (κ1) is 10.9. The third-order valence-electron chi connectivity index (χ3n) is 1.51. The molecule has 15 heavy (non-hydrogen) atoms. The number of hydrogen-bond acceptors (Lipinski definition) is 2. The molecule has 0 saturated carbocycles. The van der Waals surface area contributed by atoms with E-state index in [9.17, 15) is 4.79 Å². The number of ether oxygens (including phenoxy) is 1. The minimum absolute atomic E-state index is 0.0718. The van der Waals surface area contributed by atoms with Crippen LogP contribution in [0.25, 0.3) is 0 Å². The van der Waals surface area contributed by atoms with Crippen molar-refractivity contribution in [1.29, 1.82) is 0 Å². The van der Waals surface area contributed by atoms with E-state index in [4.69, 9.17) is 4.74 Å². The standard InChI is InChI=1S/C13H10O2/c1-2-7-13(14)15-11-6-10-12-8-4-3-5-9-12/h3-5,8-9H,11H2,1H3. The molecule has 0 atom stereocenters. The van der Waals surface area contributed by atoms with Gasteiger partial charge in [0.1, 0.15) is 0 Å². The van der Waals surface area contributed by atoms with Crippen LogP contribution < -0.4 is 0 Å². The van der Waals surface area contributed by atoms with Crippen molar-refractivity contribution in [2.75, 3.05) is 6.61 Å². The summed E-state index contributed by atoms with van der Waals surface area (Å²) in [6.45, 7) is 1.65. The SMILES string of the molecule is CC#CC(=O)OCC#Cc1ccccc1. The molecule has 74 valence electrons. The van der Waals surface area contributed by atoms with Gasteiger partial charge in [0.25, 0.3) is 0 Å². The van der Waals surface area contributed by atoms with E-state index >= 15 is 0 Å². The molecule has 0 aliphatic rings. The van der Waals surface area contributed by atoms with Crippen LogP contribution in [0.1, 0.15) is 12.5 Å². The fourth-order valence-electron chi connectivity index (χ4n) is 0.899. The molecule has 0 aliphatic heterocycles. The van der Waals surface area contributed by atoms with Crippen molar-refractivity contribution in [1.82, 2.24) is 0 Å². The summed E-state index contributed by atoms with van der Waals surface area (Å²) in [5, 5.41) is 0. The number of hydrogen-bond donors (Lipinski definition) is 0. The van der Waals surface area contributed by atoms with Crippen molar-refractivity contribution in [2.45, 2.75) is 6.92 Å². The molecular weight excluding hydrogens is 188 g/mol. The van der Waals surface area contributed by atoms with Gasteiger partial charge in [0.05, 0.1) is 0 Å². The smallest absolute Gasteiger partial charge is 0.385 e. The van der Waals surface area contributed by atoms with E-state index in [-0.39, 0.29) is 6.61 Å². The molecule has 0 spiro atoms. The monoisotopic (exact) mass is 198 g/mol. The van der Waals surface area contributed by atoms with Crippen molar-refractivity contribution >= 4 is 5.97 Å². The van der Waals surface area contributed by atoms with Gasteiger partial charge in [-0.1, -0.05) is 36.0 Å². The highest BCUT2D eigenvalue weighted by atomic mass is 16.5. The number of esters is 1. The van der Waals surface area contributed by atoms with Crippen LogP contribution in [0, 0.1) is 23.7 Å². The maximum absolute atomic E-state index is 10.8. The molecule has 0 bridgehead atoms. The van der Waals surface area contributed by atoms with Crippen molar-refractivity contribution in [3.63, 3.8) is 0 Å². The highest BCUT2D eigenvalue weighted by Crippen LogP contribution is 1.94. The topological polar surface area (TPSA) is 26.3 Å². The van der Waals surface area contributed by atoms with Gasteiger partial charge >= 0.3 is 5.97 Å². The predicted molar refractivity (Wildman–Crippen MR) is 57.7 cm³/mol. The highest BCUT2D eigenvalue weighted by Gasteiger charge is 1.91. The van der Waals surface area contributed by atoms with Crippen molar-refractivity contribution in [3.05, 3.63) is 35.9 Å². The first-order chi connectivity index (χ1) is 7.33. The zero-order valence-electron chi connectivity index (χ0n) is 8.41. The Morgan fingerprint density at radius 2 is 2.07 bits per heavy atom. The summed E-state index contributed by atoms with van der Waals surface area (Å²) < 4.78 is 4.72. The molecule has 2 nitrogen and oxygen atoms in total. The number of carbonyl (C=O) groups excluding carboxylic acids is 1. The molecule has 2 heteroatoms. The van der Waals surface area contributed by atoms with Crippen LogP contribution >= 0.6 is 0 Å². The van der Waals surface area contributed by atoms with Gasteiger partial charge in [-0.05, 0) is 19.1 Å². The van der Waals surface area contributed by atoms with Gasteiger partial charge in [-0.25, -0.2) is 4.79 Å². The lowest BCUT2D eigenvalue weighted by atomic mass is 10.2. The lowest BCUT2D eigenvalue weighted by molar-refractivity contribution is -0.135. The average molecular weight is 198 g/mol. The minimum atomic E-state index is -0.542. The first-order valence-corrected chi connectivity index (χ1v) is 4.46. The lowest BCUT2D eigenvalue weighted by Crippen LogP contribution is -2.00. The molecule has 0 saturated heterocycles. The quantitative estimate of drug-likeness (QED) is 0.389. The van der Waals surface area contributed by atoms with Gasteiger partial charge in [-0.3, -0.25) is 0 Å². The summed E-state index contributed by atoms with van der Waals surface area (Å²) in [5.41, 5.74) is 0.898. The number of rotatable bonds is 1. The zero-order chi connectivity index (χ0) is 10.9. The van der Waals surface area contributed by atoms with Gasteiger partial charge in [0, 0.05) is 11.5 Å². The Kier molecular flexibility index (Phi) is 4.57. The third-order valence-corrected chi connectivity index (χ3v) is 1.51. The van der Waals surface area contributed by atoms with Gasteiger partial charge in [-0.2, -0.15) is 0 Å². The van der Waals surface area contributed by atoms with Crippen molar-refractivity contribution < 1.29 is 9.53 Å². The van der Waals surface area contributed by atoms with Crippen molar-refractivity contribution in [2.24, 2.45) is 0 Å². The summed E-state index contributed by atoms with van der Waals surface area (Å²) in [5.74, 6) is 9.77. The fourth-order valence-corrected chi connectivity index (χ4v) is 0.899. The Bertz CT molecular complexity index is 438. The van der Waals surface area contributed by atoms with E-state index < -0.39 is 5.97 Å². The molecule has 1 aromatic carbocycles. The van der Waals surface area contributed by atoms with E-state index in [0.29, 0.717) is 0 Å². The summed E-state index contributed by atoms with van der Waals surface area (Å²) in [7, 11) is 0. The normalized spacial score (nSPS) is 7.80. The molecule has 0 heterocycles. The molecule has 0 fully saturated rings. The molecule has 0 N–H and O–H groups in total.